The van der Waals surface area contributed by atoms with E-state index in [0.717, 1.165) is 64.5 Å². The van der Waals surface area contributed by atoms with Gasteiger partial charge >= 0.3 is 0 Å². The van der Waals surface area contributed by atoms with Crippen molar-refractivity contribution in [2.24, 2.45) is 0 Å². The highest BCUT2D eigenvalue weighted by Crippen LogP contribution is 2.29. The molecule has 3 aromatic rings. The predicted molar refractivity (Wildman–Crippen MR) is 128 cm³/mol. The Morgan fingerprint density at radius 3 is 2.83 bits per heavy atom. The second-order valence-corrected chi connectivity index (χ2v) is 9.12. The highest BCUT2D eigenvalue weighted by atomic mass is 32.1. The molecule has 1 saturated heterocycles. The van der Waals surface area contributed by atoms with Crippen LogP contribution in [0, 0.1) is 13.8 Å². The zero-order valence-electron chi connectivity index (χ0n) is 18.0. The maximum absolute atomic E-state index is 12.8. The molecule has 0 bridgehead atoms. The van der Waals surface area contributed by atoms with Crippen LogP contribution in [-0.2, 0) is 4.79 Å². The number of hydrogen-bond donors (Lipinski definition) is 1. The first-order chi connectivity index (χ1) is 14.5. The van der Waals surface area contributed by atoms with Crippen molar-refractivity contribution >= 4 is 44.7 Å². The lowest BCUT2D eigenvalue weighted by atomic mass is 9.95. The minimum absolute atomic E-state index is 0.164. The average molecular weight is 420 g/mol. The largest absolute Gasteiger partial charge is 0.370 e. The SMILES string of the molecule is CCC(=O)/C(=C\c1ccc(N2CCCNCC2)cc1C)c1ccc2nc(C)sc2c1. The molecule has 0 atom stereocenters. The van der Waals surface area contributed by atoms with Crippen LogP contribution in [0.15, 0.2) is 36.4 Å². The molecule has 1 N–H and O–H groups in total. The number of fused-ring (bicyclic) bond motifs is 1. The van der Waals surface area contributed by atoms with Gasteiger partial charge < -0.3 is 10.2 Å². The lowest BCUT2D eigenvalue weighted by Gasteiger charge is -2.23. The molecule has 4 nitrogen and oxygen atoms in total. The van der Waals surface area contributed by atoms with Crippen molar-refractivity contribution in [3.63, 3.8) is 0 Å². The van der Waals surface area contributed by atoms with E-state index in [1.54, 1.807) is 11.3 Å². The number of nitrogens with one attached hydrogen (secondary N) is 1. The molecule has 0 aliphatic carbocycles. The highest BCUT2D eigenvalue weighted by Gasteiger charge is 2.14. The number of rotatable bonds is 5. The van der Waals surface area contributed by atoms with Gasteiger partial charge in [-0.3, -0.25) is 4.79 Å². The quantitative estimate of drug-likeness (QED) is 0.454. The summed E-state index contributed by atoms with van der Waals surface area (Å²) in [6.07, 6.45) is 3.71. The molecule has 0 unspecified atom stereocenters. The molecule has 0 radical (unpaired) electrons. The number of carbonyl (C=O) groups excluding carboxylic acids is 1. The van der Waals surface area contributed by atoms with Crippen LogP contribution < -0.4 is 10.2 Å². The number of benzene rings is 2. The number of hydrogen-bond acceptors (Lipinski definition) is 5. The zero-order chi connectivity index (χ0) is 21.1. The molecule has 1 aliphatic heterocycles. The maximum Gasteiger partial charge on any atom is 0.163 e. The topological polar surface area (TPSA) is 45.2 Å². The molecule has 156 valence electrons. The molecule has 5 heteroatoms. The average Bonchev–Trinajstić information content (AvgIpc) is 2.93. The Hall–Kier alpha value is -2.50. The Morgan fingerprint density at radius 2 is 2.03 bits per heavy atom. The van der Waals surface area contributed by atoms with Crippen LogP contribution in [0.4, 0.5) is 5.69 Å². The van der Waals surface area contributed by atoms with Gasteiger partial charge in [-0.1, -0.05) is 19.1 Å². The number of carbonyl (C=O) groups is 1. The van der Waals surface area contributed by atoms with E-state index in [9.17, 15) is 4.79 Å². The van der Waals surface area contributed by atoms with Crippen LogP contribution in [0.3, 0.4) is 0 Å². The summed E-state index contributed by atoms with van der Waals surface area (Å²) in [5.41, 5.74) is 6.31. The summed E-state index contributed by atoms with van der Waals surface area (Å²) in [6, 6.07) is 12.7. The lowest BCUT2D eigenvalue weighted by molar-refractivity contribution is -0.113. The second kappa shape index (κ2) is 9.11. The molecular formula is C25H29N3OS. The zero-order valence-corrected chi connectivity index (χ0v) is 18.8. The van der Waals surface area contributed by atoms with Gasteiger partial charge in [0.2, 0.25) is 0 Å². The number of aryl methyl sites for hydroxylation is 2. The van der Waals surface area contributed by atoms with Crippen molar-refractivity contribution in [2.75, 3.05) is 31.1 Å². The molecule has 2 aromatic carbocycles. The monoisotopic (exact) mass is 419 g/mol. The first-order valence-corrected chi connectivity index (χ1v) is 11.6. The standard InChI is InChI=1S/C25H29N3OS/c1-4-24(29)22(20-7-9-23-25(16-20)30-18(3)27-23)15-19-6-8-21(14-17(19)2)28-12-5-10-26-11-13-28/h6-9,14-16,26H,4-5,10-13H2,1-3H3/b22-15-. The third-order valence-corrected chi connectivity index (χ3v) is 6.62. The Labute approximate surface area is 182 Å². The fourth-order valence-corrected chi connectivity index (χ4v) is 4.87. The Kier molecular flexibility index (Phi) is 6.30. The van der Waals surface area contributed by atoms with Gasteiger partial charge in [0.25, 0.3) is 0 Å². The molecule has 2 heterocycles. The van der Waals surface area contributed by atoms with Crippen molar-refractivity contribution in [2.45, 2.75) is 33.6 Å². The van der Waals surface area contributed by atoms with Gasteiger partial charge in [-0.2, -0.15) is 0 Å². The fourth-order valence-electron chi connectivity index (χ4n) is 4.00. The van der Waals surface area contributed by atoms with Crippen LogP contribution in [0.1, 0.15) is 41.5 Å². The third kappa shape index (κ3) is 4.47. The van der Waals surface area contributed by atoms with E-state index in [-0.39, 0.29) is 5.78 Å². The van der Waals surface area contributed by atoms with Crippen molar-refractivity contribution in [1.29, 1.82) is 0 Å². The van der Waals surface area contributed by atoms with Gasteiger partial charge in [-0.25, -0.2) is 4.98 Å². The first-order valence-electron chi connectivity index (χ1n) is 10.7. The molecule has 4 rings (SSSR count). The molecule has 1 fully saturated rings. The van der Waals surface area contributed by atoms with Gasteiger partial charge in [0.05, 0.1) is 15.2 Å². The summed E-state index contributed by atoms with van der Waals surface area (Å²) < 4.78 is 1.13. The van der Waals surface area contributed by atoms with Gasteiger partial charge in [0, 0.05) is 37.3 Å². The number of ketones is 1. The second-order valence-electron chi connectivity index (χ2n) is 7.88. The van der Waals surface area contributed by atoms with Crippen LogP contribution >= 0.6 is 11.3 Å². The van der Waals surface area contributed by atoms with Crippen LogP contribution in [0.2, 0.25) is 0 Å². The van der Waals surface area contributed by atoms with Crippen LogP contribution in [0.5, 0.6) is 0 Å². The number of Topliss-reactive ketones (excluding diaryl/α,β-unsaturated/α-hetero) is 1. The number of anilines is 1. The van der Waals surface area contributed by atoms with Crippen molar-refractivity contribution in [1.82, 2.24) is 10.3 Å². The van der Waals surface area contributed by atoms with Crippen molar-refractivity contribution < 1.29 is 4.79 Å². The van der Waals surface area contributed by atoms with E-state index < -0.39 is 0 Å². The third-order valence-electron chi connectivity index (χ3n) is 5.69. The summed E-state index contributed by atoms with van der Waals surface area (Å²) in [6.45, 7) is 10.3. The van der Waals surface area contributed by atoms with Gasteiger partial charge in [-0.05, 0) is 73.8 Å². The summed E-state index contributed by atoms with van der Waals surface area (Å²) in [7, 11) is 0. The van der Waals surface area contributed by atoms with Crippen molar-refractivity contribution in [3.8, 4) is 0 Å². The molecule has 0 amide bonds. The Balaban J connectivity index is 1.70. The number of nitrogens with zero attached hydrogens (tertiary/aromatic N) is 2. The molecular weight excluding hydrogens is 390 g/mol. The van der Waals surface area contributed by atoms with Crippen molar-refractivity contribution in [3.05, 3.63) is 58.1 Å². The molecule has 30 heavy (non-hydrogen) atoms. The van der Waals surface area contributed by atoms with Gasteiger partial charge in [-0.15, -0.1) is 11.3 Å². The minimum atomic E-state index is 0.164. The van der Waals surface area contributed by atoms with E-state index >= 15 is 0 Å². The molecule has 1 aliphatic rings. The molecule has 0 spiro atoms. The number of aromatic nitrogens is 1. The number of thiazole rings is 1. The fraction of sp³-hybridized carbons (Fsp3) is 0.360. The van der Waals surface area contributed by atoms with E-state index in [1.807, 2.05) is 26.0 Å². The predicted octanol–water partition coefficient (Wildman–Crippen LogP) is 5.23. The number of allylic oxidation sites excluding steroid dienone is 1. The smallest absolute Gasteiger partial charge is 0.163 e. The molecule has 0 saturated carbocycles. The Bertz CT molecular complexity index is 1090. The van der Waals surface area contributed by atoms with Crippen LogP contribution in [0.25, 0.3) is 21.9 Å². The van der Waals surface area contributed by atoms with E-state index in [2.05, 4.69) is 52.5 Å². The molecule has 1 aromatic heterocycles. The first kappa shape index (κ1) is 20.8. The lowest BCUT2D eigenvalue weighted by Crippen LogP contribution is -2.27. The minimum Gasteiger partial charge on any atom is -0.370 e. The summed E-state index contributed by atoms with van der Waals surface area (Å²) in [4.78, 5) is 19.8. The van der Waals surface area contributed by atoms with E-state index in [0.29, 0.717) is 6.42 Å². The summed E-state index contributed by atoms with van der Waals surface area (Å²) in [5, 5.41) is 4.50. The summed E-state index contributed by atoms with van der Waals surface area (Å²) in [5.74, 6) is 0.164. The van der Waals surface area contributed by atoms with E-state index in [4.69, 9.17) is 0 Å². The van der Waals surface area contributed by atoms with Crippen LogP contribution in [-0.4, -0.2) is 36.9 Å². The van der Waals surface area contributed by atoms with Gasteiger partial charge in [0.15, 0.2) is 5.78 Å². The summed E-state index contributed by atoms with van der Waals surface area (Å²) >= 11 is 1.67. The van der Waals surface area contributed by atoms with E-state index in [1.165, 1.54) is 11.3 Å². The highest BCUT2D eigenvalue weighted by molar-refractivity contribution is 7.18. The normalized spacial score (nSPS) is 15.4. The maximum atomic E-state index is 12.8. The Morgan fingerprint density at radius 1 is 1.17 bits per heavy atom. The van der Waals surface area contributed by atoms with Gasteiger partial charge in [0.1, 0.15) is 0 Å².